The quantitative estimate of drug-likeness (QED) is 0.466. The molecule has 4 aromatic rings. The Bertz CT molecular complexity index is 1330. The summed E-state index contributed by atoms with van der Waals surface area (Å²) >= 11 is 1.16. The van der Waals surface area contributed by atoms with Crippen molar-refractivity contribution in [1.29, 1.82) is 0 Å². The van der Waals surface area contributed by atoms with Gasteiger partial charge in [-0.1, -0.05) is 29.0 Å². The van der Waals surface area contributed by atoms with Crippen molar-refractivity contribution in [2.45, 2.75) is 11.8 Å². The molecule has 1 heterocycles. The fourth-order valence-electron chi connectivity index (χ4n) is 2.74. The van der Waals surface area contributed by atoms with Crippen LogP contribution < -0.4 is 10.0 Å². The van der Waals surface area contributed by atoms with Crippen molar-refractivity contribution in [2.24, 2.45) is 0 Å². The van der Waals surface area contributed by atoms with E-state index in [1.807, 2.05) is 6.92 Å². The Kier molecular flexibility index (Phi) is 5.23. The molecule has 2 N–H and O–H groups in total. The molecule has 0 atom stereocenters. The predicted octanol–water partition coefficient (Wildman–Crippen LogP) is 4.80. The number of carbonyl (C=O) groups excluding carboxylic acids is 1. The van der Waals surface area contributed by atoms with Gasteiger partial charge in [-0.15, -0.1) is 0 Å². The SMILES string of the molecule is Cc1ccc(S(=O)(=O)Nc2nc3ccc(NC(=O)c4ccc(F)cc4)cc3s2)cc1. The number of aromatic nitrogens is 1. The van der Waals surface area contributed by atoms with Gasteiger partial charge in [-0.05, 0) is 61.5 Å². The molecule has 0 bridgehead atoms. The van der Waals surface area contributed by atoms with Crippen LogP contribution in [0.1, 0.15) is 15.9 Å². The van der Waals surface area contributed by atoms with Crippen LogP contribution in [0.3, 0.4) is 0 Å². The Labute approximate surface area is 176 Å². The van der Waals surface area contributed by atoms with E-state index in [4.69, 9.17) is 0 Å². The number of fused-ring (bicyclic) bond motifs is 1. The molecule has 4 rings (SSSR count). The van der Waals surface area contributed by atoms with Crippen LogP contribution in [0.5, 0.6) is 0 Å². The number of amides is 1. The number of benzene rings is 3. The van der Waals surface area contributed by atoms with Crippen molar-refractivity contribution in [3.8, 4) is 0 Å². The fraction of sp³-hybridized carbons (Fsp3) is 0.0476. The standard InChI is InChI=1S/C21H16FN3O3S2/c1-13-2-9-17(10-3-13)30(27,28)25-21-24-18-11-8-16(12-19(18)29-21)23-20(26)14-4-6-15(22)7-5-14/h2-12H,1H3,(H,23,26)(H,24,25). The molecule has 0 aliphatic carbocycles. The van der Waals surface area contributed by atoms with Gasteiger partial charge in [-0.2, -0.15) is 0 Å². The van der Waals surface area contributed by atoms with Gasteiger partial charge in [0.15, 0.2) is 5.13 Å². The lowest BCUT2D eigenvalue weighted by atomic mass is 10.2. The summed E-state index contributed by atoms with van der Waals surface area (Å²) in [6, 6.07) is 16.8. The Morgan fingerprint density at radius 1 is 1.00 bits per heavy atom. The summed E-state index contributed by atoms with van der Waals surface area (Å²) < 4.78 is 41.3. The number of carbonyl (C=O) groups is 1. The number of nitrogens with zero attached hydrogens (tertiary/aromatic N) is 1. The molecule has 0 saturated heterocycles. The van der Waals surface area contributed by atoms with Gasteiger partial charge in [-0.3, -0.25) is 9.52 Å². The van der Waals surface area contributed by atoms with Crippen LogP contribution in [0.15, 0.2) is 71.6 Å². The molecule has 0 fully saturated rings. The smallest absolute Gasteiger partial charge is 0.263 e. The number of hydrogen-bond donors (Lipinski definition) is 2. The Balaban J connectivity index is 1.54. The van der Waals surface area contributed by atoms with Crippen LogP contribution in [0.4, 0.5) is 15.2 Å². The Morgan fingerprint density at radius 3 is 2.40 bits per heavy atom. The van der Waals surface area contributed by atoms with E-state index in [9.17, 15) is 17.6 Å². The molecular weight excluding hydrogens is 425 g/mol. The molecule has 30 heavy (non-hydrogen) atoms. The summed E-state index contributed by atoms with van der Waals surface area (Å²) in [7, 11) is -3.75. The maximum absolute atomic E-state index is 13.0. The minimum Gasteiger partial charge on any atom is -0.322 e. The molecule has 0 radical (unpaired) electrons. The predicted molar refractivity (Wildman–Crippen MR) is 116 cm³/mol. The van der Waals surface area contributed by atoms with Crippen molar-refractivity contribution in [1.82, 2.24) is 4.98 Å². The summed E-state index contributed by atoms with van der Waals surface area (Å²) in [5.41, 5.74) is 2.41. The van der Waals surface area contributed by atoms with Gasteiger partial charge < -0.3 is 5.32 Å². The zero-order chi connectivity index (χ0) is 21.3. The van der Waals surface area contributed by atoms with Crippen LogP contribution in [-0.4, -0.2) is 19.3 Å². The lowest BCUT2D eigenvalue weighted by Gasteiger charge is -2.05. The minimum atomic E-state index is -3.75. The van der Waals surface area contributed by atoms with Crippen LogP contribution in [0, 0.1) is 12.7 Å². The fourth-order valence-corrected chi connectivity index (χ4v) is 4.88. The molecule has 0 saturated carbocycles. The third-order valence-corrected chi connectivity index (χ3v) is 6.72. The summed E-state index contributed by atoms with van der Waals surface area (Å²) in [4.78, 5) is 16.8. The van der Waals surface area contributed by atoms with E-state index in [0.29, 0.717) is 21.5 Å². The number of hydrogen-bond acceptors (Lipinski definition) is 5. The van der Waals surface area contributed by atoms with Crippen molar-refractivity contribution in [3.05, 3.63) is 83.7 Å². The van der Waals surface area contributed by atoms with E-state index in [-0.39, 0.29) is 15.9 Å². The highest BCUT2D eigenvalue weighted by Crippen LogP contribution is 2.30. The zero-order valence-electron chi connectivity index (χ0n) is 15.7. The number of anilines is 2. The number of rotatable bonds is 5. The number of nitrogens with one attached hydrogen (secondary N) is 2. The highest BCUT2D eigenvalue weighted by Gasteiger charge is 2.17. The Hall–Kier alpha value is -3.30. The normalized spacial score (nSPS) is 11.4. The van der Waals surface area contributed by atoms with Gasteiger partial charge in [0.2, 0.25) is 0 Å². The number of sulfonamides is 1. The molecule has 0 aliphatic rings. The van der Waals surface area contributed by atoms with Gasteiger partial charge >= 0.3 is 0 Å². The zero-order valence-corrected chi connectivity index (χ0v) is 17.4. The molecule has 0 unspecified atom stereocenters. The first kappa shape index (κ1) is 20.0. The lowest BCUT2D eigenvalue weighted by molar-refractivity contribution is 0.102. The van der Waals surface area contributed by atoms with Gasteiger partial charge in [0.25, 0.3) is 15.9 Å². The highest BCUT2D eigenvalue weighted by molar-refractivity contribution is 7.93. The monoisotopic (exact) mass is 441 g/mol. The van der Waals surface area contributed by atoms with E-state index in [1.165, 1.54) is 36.4 Å². The first-order chi connectivity index (χ1) is 14.3. The van der Waals surface area contributed by atoms with Gasteiger partial charge in [0.1, 0.15) is 5.82 Å². The van der Waals surface area contributed by atoms with E-state index >= 15 is 0 Å². The van der Waals surface area contributed by atoms with Gasteiger partial charge in [-0.25, -0.2) is 17.8 Å². The first-order valence-electron chi connectivity index (χ1n) is 8.87. The van der Waals surface area contributed by atoms with E-state index in [1.54, 1.807) is 30.3 Å². The van der Waals surface area contributed by atoms with Crippen LogP contribution in [0.25, 0.3) is 10.2 Å². The van der Waals surface area contributed by atoms with E-state index in [0.717, 1.165) is 16.9 Å². The maximum Gasteiger partial charge on any atom is 0.263 e. The van der Waals surface area contributed by atoms with Gasteiger partial charge in [0.05, 0.1) is 15.1 Å². The van der Waals surface area contributed by atoms with Crippen molar-refractivity contribution in [2.75, 3.05) is 10.0 Å². The molecule has 1 aromatic heterocycles. The molecule has 3 aromatic carbocycles. The largest absolute Gasteiger partial charge is 0.322 e. The van der Waals surface area contributed by atoms with Gasteiger partial charge in [0, 0.05) is 11.3 Å². The van der Waals surface area contributed by atoms with Crippen LogP contribution in [0.2, 0.25) is 0 Å². The summed E-state index contributed by atoms with van der Waals surface area (Å²) in [6.45, 7) is 1.88. The van der Waals surface area contributed by atoms with Crippen molar-refractivity contribution in [3.63, 3.8) is 0 Å². The summed E-state index contributed by atoms with van der Waals surface area (Å²) in [5.74, 6) is -0.794. The maximum atomic E-state index is 13.0. The molecule has 1 amide bonds. The molecular formula is C21H16FN3O3S2. The molecule has 0 aliphatic heterocycles. The third kappa shape index (κ3) is 4.32. The first-order valence-corrected chi connectivity index (χ1v) is 11.2. The Morgan fingerprint density at radius 2 is 1.70 bits per heavy atom. The topological polar surface area (TPSA) is 88.2 Å². The molecule has 152 valence electrons. The van der Waals surface area contributed by atoms with Crippen LogP contribution >= 0.6 is 11.3 Å². The summed E-state index contributed by atoms with van der Waals surface area (Å²) in [6.07, 6.45) is 0. The second kappa shape index (κ2) is 7.85. The number of thiazole rings is 1. The van der Waals surface area contributed by atoms with Crippen molar-refractivity contribution < 1.29 is 17.6 Å². The second-order valence-corrected chi connectivity index (χ2v) is 9.29. The van der Waals surface area contributed by atoms with Crippen LogP contribution in [-0.2, 0) is 10.0 Å². The third-order valence-electron chi connectivity index (χ3n) is 4.31. The molecule has 0 spiro atoms. The summed E-state index contributed by atoms with van der Waals surface area (Å²) in [5, 5.41) is 2.97. The highest BCUT2D eigenvalue weighted by atomic mass is 32.2. The lowest BCUT2D eigenvalue weighted by Crippen LogP contribution is -2.12. The number of aryl methyl sites for hydroxylation is 1. The molecule has 9 heteroatoms. The van der Waals surface area contributed by atoms with Crippen molar-refractivity contribution >= 4 is 48.3 Å². The second-order valence-electron chi connectivity index (χ2n) is 6.58. The minimum absolute atomic E-state index is 0.152. The average molecular weight is 442 g/mol. The average Bonchev–Trinajstić information content (AvgIpc) is 3.09. The number of halogens is 1. The molecule has 6 nitrogen and oxygen atoms in total. The van der Waals surface area contributed by atoms with E-state index in [2.05, 4.69) is 15.0 Å². The van der Waals surface area contributed by atoms with E-state index < -0.39 is 15.8 Å².